The van der Waals surface area contributed by atoms with E-state index < -0.39 is 0 Å². The summed E-state index contributed by atoms with van der Waals surface area (Å²) < 4.78 is 14.1. The summed E-state index contributed by atoms with van der Waals surface area (Å²) in [7, 11) is 0. The third-order valence-corrected chi connectivity index (χ3v) is 2.37. The summed E-state index contributed by atoms with van der Waals surface area (Å²) in [5, 5.41) is 12.4. The summed E-state index contributed by atoms with van der Waals surface area (Å²) in [5.41, 5.74) is 0.456. The highest BCUT2D eigenvalue weighted by atomic mass is 19.1. The Morgan fingerprint density at radius 2 is 2.11 bits per heavy atom. The molecule has 1 aromatic carbocycles. The van der Waals surface area contributed by atoms with Crippen molar-refractivity contribution in [2.45, 2.75) is 13.0 Å². The average Bonchev–Trinajstić information content (AvgIpc) is 2.85. The maximum Gasteiger partial charge on any atom is 0.252 e. The molecule has 2 aromatic rings. The Labute approximate surface area is 102 Å². The van der Waals surface area contributed by atoms with Crippen LogP contribution in [0.4, 0.5) is 4.39 Å². The van der Waals surface area contributed by atoms with Gasteiger partial charge in [-0.3, -0.25) is 9.48 Å². The van der Waals surface area contributed by atoms with Gasteiger partial charge in [-0.15, -0.1) is 5.10 Å². The molecule has 1 heterocycles. The number of hydrogen-bond acceptors (Lipinski definition) is 4. The molecular weight excluding hydrogens is 235 g/mol. The number of aryl methyl sites for hydroxylation is 1. The van der Waals surface area contributed by atoms with Crippen LogP contribution in [0.3, 0.4) is 0 Å². The first-order valence-corrected chi connectivity index (χ1v) is 5.27. The van der Waals surface area contributed by atoms with Crippen LogP contribution < -0.4 is 0 Å². The lowest BCUT2D eigenvalue weighted by atomic mass is 10.1. The zero-order valence-electron chi connectivity index (χ0n) is 9.38. The number of hydrogen-bond donors (Lipinski definition) is 0. The van der Waals surface area contributed by atoms with Gasteiger partial charge in [0.05, 0.1) is 6.54 Å². The molecule has 0 bridgehead atoms. The second kappa shape index (κ2) is 5.19. The standard InChI is InChI=1S/C12H9FN4O/c13-10-3-1-9(2-4-10)11(18)5-6-17-8-15-12(7-14)16-17/h1-4,8H,5-6H2. The lowest BCUT2D eigenvalue weighted by molar-refractivity contribution is 0.0975. The van der Waals surface area contributed by atoms with Gasteiger partial charge >= 0.3 is 0 Å². The number of aromatic nitrogens is 3. The molecule has 18 heavy (non-hydrogen) atoms. The third-order valence-electron chi connectivity index (χ3n) is 2.37. The number of carbonyl (C=O) groups is 1. The predicted octanol–water partition coefficient (Wildman–Crippen LogP) is 1.56. The summed E-state index contributed by atoms with van der Waals surface area (Å²) in [6.45, 7) is 0.338. The summed E-state index contributed by atoms with van der Waals surface area (Å²) in [5.74, 6) is -0.408. The van der Waals surface area contributed by atoms with Gasteiger partial charge in [0.25, 0.3) is 5.82 Å². The van der Waals surface area contributed by atoms with E-state index in [2.05, 4.69) is 10.1 Å². The molecule has 0 aliphatic heterocycles. The van der Waals surface area contributed by atoms with Gasteiger partial charge in [0.15, 0.2) is 5.78 Å². The molecule has 0 amide bonds. The lowest BCUT2D eigenvalue weighted by Gasteiger charge is -2.01. The Morgan fingerprint density at radius 1 is 1.39 bits per heavy atom. The SMILES string of the molecule is N#Cc1ncn(CCC(=O)c2ccc(F)cc2)n1. The number of rotatable bonds is 4. The molecule has 0 saturated heterocycles. The van der Waals surface area contributed by atoms with Crippen molar-refractivity contribution in [3.05, 3.63) is 47.8 Å². The van der Waals surface area contributed by atoms with Crippen molar-refractivity contribution in [1.29, 1.82) is 5.26 Å². The second-order valence-electron chi connectivity index (χ2n) is 3.62. The van der Waals surface area contributed by atoms with Gasteiger partial charge in [0.1, 0.15) is 18.2 Å². The first-order valence-electron chi connectivity index (χ1n) is 5.27. The molecule has 0 N–H and O–H groups in total. The van der Waals surface area contributed by atoms with Crippen LogP contribution >= 0.6 is 0 Å². The van der Waals surface area contributed by atoms with Crippen molar-refractivity contribution in [2.75, 3.05) is 0 Å². The van der Waals surface area contributed by atoms with E-state index in [-0.39, 0.29) is 23.8 Å². The molecule has 0 atom stereocenters. The van der Waals surface area contributed by atoms with Crippen molar-refractivity contribution in [3.8, 4) is 6.07 Å². The molecule has 0 aliphatic rings. The van der Waals surface area contributed by atoms with Gasteiger partial charge in [-0.1, -0.05) is 0 Å². The number of benzene rings is 1. The molecule has 0 unspecified atom stereocenters. The normalized spacial score (nSPS) is 10.0. The summed E-state index contributed by atoms with van der Waals surface area (Å²) in [6.07, 6.45) is 1.62. The Balaban J connectivity index is 1.96. The summed E-state index contributed by atoms with van der Waals surface area (Å²) in [6, 6.07) is 7.18. The van der Waals surface area contributed by atoms with Crippen molar-refractivity contribution in [3.63, 3.8) is 0 Å². The van der Waals surface area contributed by atoms with E-state index >= 15 is 0 Å². The molecule has 0 fully saturated rings. The van der Waals surface area contributed by atoms with Crippen molar-refractivity contribution < 1.29 is 9.18 Å². The smallest absolute Gasteiger partial charge is 0.252 e. The van der Waals surface area contributed by atoms with Crippen molar-refractivity contribution in [1.82, 2.24) is 14.8 Å². The second-order valence-corrected chi connectivity index (χ2v) is 3.62. The van der Waals surface area contributed by atoms with E-state index in [0.29, 0.717) is 12.1 Å². The van der Waals surface area contributed by atoms with E-state index in [1.165, 1.54) is 35.3 Å². The van der Waals surface area contributed by atoms with Gasteiger partial charge < -0.3 is 0 Å². The quantitative estimate of drug-likeness (QED) is 0.765. The summed E-state index contributed by atoms with van der Waals surface area (Å²) in [4.78, 5) is 15.5. The highest BCUT2D eigenvalue weighted by Gasteiger charge is 2.07. The number of Topliss-reactive ketones (excluding diaryl/α,β-unsaturated/α-hetero) is 1. The van der Waals surface area contributed by atoms with Crippen LogP contribution in [0.2, 0.25) is 0 Å². The number of nitriles is 1. The predicted molar refractivity (Wildman–Crippen MR) is 60.1 cm³/mol. The molecule has 0 aliphatic carbocycles. The van der Waals surface area contributed by atoms with Crippen LogP contribution in [0.5, 0.6) is 0 Å². The van der Waals surface area contributed by atoms with Crippen LogP contribution in [0, 0.1) is 17.1 Å². The number of carbonyl (C=O) groups excluding carboxylic acids is 1. The fraction of sp³-hybridized carbons (Fsp3) is 0.167. The average molecular weight is 244 g/mol. The van der Waals surface area contributed by atoms with Gasteiger partial charge in [-0.25, -0.2) is 9.37 Å². The fourth-order valence-corrected chi connectivity index (χ4v) is 1.45. The van der Waals surface area contributed by atoms with Crippen molar-refractivity contribution in [2.24, 2.45) is 0 Å². The molecule has 0 spiro atoms. The molecule has 90 valence electrons. The van der Waals surface area contributed by atoms with Crippen LogP contribution in [0.15, 0.2) is 30.6 Å². The zero-order chi connectivity index (χ0) is 13.0. The van der Waals surface area contributed by atoms with E-state index in [1.807, 2.05) is 0 Å². The lowest BCUT2D eigenvalue weighted by Crippen LogP contribution is -2.06. The topological polar surface area (TPSA) is 71.6 Å². The highest BCUT2D eigenvalue weighted by molar-refractivity contribution is 5.95. The van der Waals surface area contributed by atoms with Gasteiger partial charge in [-0.05, 0) is 24.3 Å². The molecule has 1 aromatic heterocycles. The first kappa shape index (κ1) is 11.9. The van der Waals surface area contributed by atoms with E-state index in [9.17, 15) is 9.18 Å². The van der Waals surface area contributed by atoms with Crippen LogP contribution in [0.1, 0.15) is 22.6 Å². The van der Waals surface area contributed by atoms with Crippen LogP contribution in [0.25, 0.3) is 0 Å². The van der Waals surface area contributed by atoms with Gasteiger partial charge in [0, 0.05) is 12.0 Å². The minimum atomic E-state index is -0.374. The first-order chi connectivity index (χ1) is 8.69. The van der Waals surface area contributed by atoms with Gasteiger partial charge in [-0.2, -0.15) is 5.26 Å². The van der Waals surface area contributed by atoms with Crippen molar-refractivity contribution >= 4 is 5.78 Å². The largest absolute Gasteiger partial charge is 0.294 e. The molecular formula is C12H9FN4O. The number of ketones is 1. The molecule has 0 radical (unpaired) electrons. The number of halogens is 1. The Kier molecular flexibility index (Phi) is 3.44. The van der Waals surface area contributed by atoms with Crippen LogP contribution in [-0.2, 0) is 6.54 Å². The Bertz CT molecular complexity index is 597. The monoisotopic (exact) mass is 244 g/mol. The number of nitrogens with zero attached hydrogens (tertiary/aromatic N) is 4. The Hall–Kier alpha value is -2.55. The minimum Gasteiger partial charge on any atom is -0.294 e. The van der Waals surface area contributed by atoms with E-state index in [4.69, 9.17) is 5.26 Å². The third kappa shape index (κ3) is 2.77. The molecule has 5 nitrogen and oxygen atoms in total. The van der Waals surface area contributed by atoms with Gasteiger partial charge in [0.2, 0.25) is 0 Å². The van der Waals surface area contributed by atoms with E-state index in [0.717, 1.165) is 0 Å². The molecule has 6 heteroatoms. The Morgan fingerprint density at radius 3 is 2.72 bits per heavy atom. The van der Waals surface area contributed by atoms with E-state index in [1.54, 1.807) is 6.07 Å². The maximum absolute atomic E-state index is 12.7. The summed E-state index contributed by atoms with van der Waals surface area (Å²) >= 11 is 0. The maximum atomic E-state index is 12.7. The van der Waals surface area contributed by atoms with Crippen LogP contribution in [-0.4, -0.2) is 20.5 Å². The molecule has 2 rings (SSSR count). The minimum absolute atomic E-state index is 0.0734. The zero-order valence-corrected chi connectivity index (χ0v) is 9.38. The highest BCUT2D eigenvalue weighted by Crippen LogP contribution is 2.06. The molecule has 0 saturated carbocycles. The fourth-order valence-electron chi connectivity index (χ4n) is 1.45.